The molecule has 0 aliphatic heterocycles. The van der Waals surface area contributed by atoms with Crippen molar-refractivity contribution in [2.24, 2.45) is 0 Å². The van der Waals surface area contributed by atoms with Crippen LogP contribution in [0.2, 0.25) is 0 Å². The van der Waals surface area contributed by atoms with Crippen LogP contribution < -0.4 is 0 Å². The van der Waals surface area contributed by atoms with Gasteiger partial charge in [-0.05, 0) is 47.3 Å². The summed E-state index contributed by atoms with van der Waals surface area (Å²) in [5.74, 6) is 0. The Morgan fingerprint density at radius 3 is 2.80 bits per heavy atom. The molecule has 0 N–H and O–H groups in total. The first kappa shape index (κ1) is 8.62. The van der Waals surface area contributed by atoms with Gasteiger partial charge in [-0.3, -0.25) is 4.98 Å². The summed E-state index contributed by atoms with van der Waals surface area (Å²) in [6.45, 7) is 0. The van der Waals surface area contributed by atoms with Crippen LogP contribution in [-0.2, 0) is 0 Å². The van der Waals surface area contributed by atoms with Gasteiger partial charge in [0.2, 0.25) is 0 Å². The van der Waals surface area contributed by atoms with Gasteiger partial charge in [0.25, 0.3) is 0 Å². The van der Waals surface area contributed by atoms with Crippen molar-refractivity contribution in [2.75, 3.05) is 0 Å². The molecular weight excluding hydrogens is 202 g/mol. The Bertz CT molecular complexity index is 551. The molecule has 0 fully saturated rings. The van der Waals surface area contributed by atoms with Crippen molar-refractivity contribution in [1.29, 1.82) is 0 Å². The number of benzene rings is 1. The van der Waals surface area contributed by atoms with Crippen LogP contribution in [0.4, 0.5) is 0 Å². The minimum Gasteiger partial charge on any atom is -0.265 e. The van der Waals surface area contributed by atoms with E-state index in [4.69, 9.17) is 0 Å². The molecule has 0 aliphatic rings. The highest BCUT2D eigenvalue weighted by Crippen LogP contribution is 2.32. The van der Waals surface area contributed by atoms with Crippen molar-refractivity contribution in [1.82, 2.24) is 4.98 Å². The normalized spacial score (nSPS) is 10.7. The molecule has 2 aromatic heterocycles. The first-order chi connectivity index (χ1) is 7.43. The second kappa shape index (κ2) is 3.48. The Morgan fingerprint density at radius 2 is 2.00 bits per heavy atom. The van der Waals surface area contributed by atoms with Crippen LogP contribution in [0.3, 0.4) is 0 Å². The quantitative estimate of drug-likeness (QED) is 0.596. The number of hydrogen-bond acceptors (Lipinski definition) is 2. The van der Waals surface area contributed by atoms with Crippen LogP contribution >= 0.6 is 11.3 Å². The van der Waals surface area contributed by atoms with E-state index in [1.807, 2.05) is 36.7 Å². The van der Waals surface area contributed by atoms with Gasteiger partial charge in [0.1, 0.15) is 0 Å². The minimum atomic E-state index is 1.23. The third kappa shape index (κ3) is 1.53. The molecule has 0 saturated heterocycles. The van der Waals surface area contributed by atoms with Gasteiger partial charge in [0, 0.05) is 22.0 Å². The van der Waals surface area contributed by atoms with Gasteiger partial charge in [-0.2, -0.15) is 0 Å². The molecule has 0 spiro atoms. The fraction of sp³-hybridized carbons (Fsp3) is 0. The average Bonchev–Trinajstić information content (AvgIpc) is 2.74. The third-order valence-electron chi connectivity index (χ3n) is 2.33. The first-order valence-corrected chi connectivity index (χ1v) is 5.55. The average molecular weight is 210 g/mol. The van der Waals surface area contributed by atoms with Crippen molar-refractivity contribution in [3.05, 3.63) is 54.9 Å². The molecule has 15 heavy (non-hydrogen) atoms. The molecular formula is C13H8NS. The lowest BCUT2D eigenvalue weighted by Gasteiger charge is -1.93. The molecule has 0 saturated carbocycles. The van der Waals surface area contributed by atoms with Crippen molar-refractivity contribution >= 4 is 21.4 Å². The predicted molar refractivity (Wildman–Crippen MR) is 63.9 cm³/mol. The molecule has 2 heteroatoms. The van der Waals surface area contributed by atoms with Gasteiger partial charge >= 0.3 is 0 Å². The highest BCUT2D eigenvalue weighted by Gasteiger charge is 2.02. The standard InChI is InChI=1S/C13H8NS/c1-2-4-12-11(3-1)9-13(15-12)10-5-7-14-8-6-10/h2-9H. The van der Waals surface area contributed by atoms with Crippen molar-refractivity contribution in [3.8, 4) is 10.4 Å². The summed E-state index contributed by atoms with van der Waals surface area (Å²) in [5.41, 5.74) is 1.23. The molecule has 3 aromatic rings. The van der Waals surface area contributed by atoms with E-state index in [1.165, 1.54) is 20.5 Å². The van der Waals surface area contributed by atoms with Crippen LogP contribution in [0, 0.1) is 6.07 Å². The Kier molecular flexibility index (Phi) is 2.00. The molecule has 2 heterocycles. The van der Waals surface area contributed by atoms with E-state index in [0.717, 1.165) is 0 Å². The van der Waals surface area contributed by atoms with Gasteiger partial charge in [-0.25, -0.2) is 0 Å². The fourth-order valence-electron chi connectivity index (χ4n) is 1.58. The number of rotatable bonds is 1. The maximum atomic E-state index is 4.02. The third-order valence-corrected chi connectivity index (χ3v) is 3.49. The summed E-state index contributed by atoms with van der Waals surface area (Å²) in [7, 11) is 0. The van der Waals surface area contributed by atoms with Gasteiger partial charge in [0.15, 0.2) is 0 Å². The molecule has 3 rings (SSSR count). The van der Waals surface area contributed by atoms with Crippen LogP contribution in [0.15, 0.2) is 48.8 Å². The van der Waals surface area contributed by atoms with Crippen molar-refractivity contribution < 1.29 is 0 Å². The van der Waals surface area contributed by atoms with E-state index in [9.17, 15) is 0 Å². The zero-order valence-electron chi connectivity index (χ0n) is 7.97. The molecule has 0 amide bonds. The number of pyridine rings is 1. The smallest absolute Gasteiger partial charge is 0.0356 e. The lowest BCUT2D eigenvalue weighted by Crippen LogP contribution is -1.71. The lowest BCUT2D eigenvalue weighted by atomic mass is 10.2. The van der Waals surface area contributed by atoms with Gasteiger partial charge < -0.3 is 0 Å². The van der Waals surface area contributed by atoms with E-state index in [0.29, 0.717) is 0 Å². The molecule has 1 radical (unpaired) electrons. The van der Waals surface area contributed by atoms with Gasteiger partial charge in [0.05, 0.1) is 0 Å². The zero-order valence-corrected chi connectivity index (χ0v) is 8.79. The Labute approximate surface area is 92.0 Å². The van der Waals surface area contributed by atoms with E-state index in [2.05, 4.69) is 23.2 Å². The highest BCUT2D eigenvalue weighted by molar-refractivity contribution is 7.22. The summed E-state index contributed by atoms with van der Waals surface area (Å²) in [5, 5.41) is 1.26. The van der Waals surface area contributed by atoms with Gasteiger partial charge in [-0.15, -0.1) is 11.3 Å². The number of nitrogens with zero attached hydrogens (tertiary/aromatic N) is 1. The summed E-state index contributed by atoms with van der Waals surface area (Å²) < 4.78 is 1.31. The number of hydrogen-bond donors (Lipinski definition) is 0. The van der Waals surface area contributed by atoms with Crippen LogP contribution in [0.1, 0.15) is 0 Å². The van der Waals surface area contributed by atoms with E-state index < -0.39 is 0 Å². The lowest BCUT2D eigenvalue weighted by molar-refractivity contribution is 1.33. The van der Waals surface area contributed by atoms with Crippen molar-refractivity contribution in [2.45, 2.75) is 0 Å². The number of aromatic nitrogens is 1. The van der Waals surface area contributed by atoms with Crippen LogP contribution in [-0.4, -0.2) is 4.98 Å². The Hall–Kier alpha value is -1.67. The minimum absolute atomic E-state index is 1.23. The topological polar surface area (TPSA) is 12.9 Å². The molecule has 0 unspecified atom stereocenters. The fourth-order valence-corrected chi connectivity index (χ4v) is 2.63. The van der Waals surface area contributed by atoms with Gasteiger partial charge in [-0.1, -0.05) is 6.07 Å². The Morgan fingerprint density at radius 1 is 1.13 bits per heavy atom. The monoisotopic (exact) mass is 210 g/mol. The van der Waals surface area contributed by atoms with E-state index >= 15 is 0 Å². The van der Waals surface area contributed by atoms with Crippen LogP contribution in [0.5, 0.6) is 0 Å². The summed E-state index contributed by atoms with van der Waals surface area (Å²) in [4.78, 5) is 5.31. The molecule has 1 nitrogen and oxygen atoms in total. The molecule has 0 aliphatic carbocycles. The SMILES string of the molecule is [c]1ccc2sc(-c3ccncc3)cc2c1. The van der Waals surface area contributed by atoms with Crippen molar-refractivity contribution in [3.63, 3.8) is 0 Å². The summed E-state index contributed by atoms with van der Waals surface area (Å²) in [6.07, 6.45) is 3.65. The molecule has 71 valence electrons. The summed E-state index contributed by atoms with van der Waals surface area (Å²) in [6, 6.07) is 15.4. The first-order valence-electron chi connectivity index (χ1n) is 4.73. The maximum absolute atomic E-state index is 4.02. The molecule has 1 aromatic carbocycles. The van der Waals surface area contributed by atoms with E-state index in [1.54, 1.807) is 11.3 Å². The largest absolute Gasteiger partial charge is 0.265 e. The number of fused-ring (bicyclic) bond motifs is 1. The predicted octanol–water partition coefficient (Wildman–Crippen LogP) is 3.76. The molecule has 0 atom stereocenters. The second-order valence-electron chi connectivity index (χ2n) is 3.31. The molecule has 0 bridgehead atoms. The maximum Gasteiger partial charge on any atom is 0.0356 e. The van der Waals surface area contributed by atoms with Crippen LogP contribution in [0.25, 0.3) is 20.5 Å². The zero-order chi connectivity index (χ0) is 10.1. The number of thiophene rings is 1. The summed E-state index contributed by atoms with van der Waals surface area (Å²) >= 11 is 1.80. The Balaban J connectivity index is 2.21. The van der Waals surface area contributed by atoms with E-state index in [-0.39, 0.29) is 0 Å². The highest BCUT2D eigenvalue weighted by atomic mass is 32.1. The second-order valence-corrected chi connectivity index (χ2v) is 4.39.